The Morgan fingerprint density at radius 3 is 2.92 bits per heavy atom. The second-order valence-electron chi connectivity index (χ2n) is 6.51. The topological polar surface area (TPSA) is 70.6 Å². The lowest BCUT2D eigenvalue weighted by molar-refractivity contribution is 0.473. The van der Waals surface area contributed by atoms with Crippen LogP contribution in [0.25, 0.3) is 0 Å². The maximum absolute atomic E-state index is 9.09. The van der Waals surface area contributed by atoms with Gasteiger partial charge in [0, 0.05) is 37.6 Å². The van der Waals surface area contributed by atoms with Crippen LogP contribution in [0.5, 0.6) is 0 Å². The Kier molecular flexibility index (Phi) is 4.61. The van der Waals surface area contributed by atoms with Gasteiger partial charge in [0.05, 0.1) is 12.2 Å². The third kappa shape index (κ3) is 3.42. The number of rotatable bonds is 4. The number of piperidine rings is 1. The van der Waals surface area contributed by atoms with Crippen LogP contribution in [0, 0.1) is 11.3 Å². The lowest BCUT2D eigenvalue weighted by Crippen LogP contribution is -2.36. The van der Waals surface area contributed by atoms with Crippen LogP contribution in [0.1, 0.15) is 36.0 Å². The standard InChI is InChI=1S/C20H20N6/c21-13-17-7-3-8-19(24-17)25-11-4-5-16(14-25)20-23-10-12-26(20)15-18-6-1-2-9-22-18/h1-3,6-10,12,16H,4-5,11,14-15H2. The molecule has 6 nitrogen and oxygen atoms in total. The molecular formula is C20H20N6. The summed E-state index contributed by atoms with van der Waals surface area (Å²) in [6.45, 7) is 2.55. The van der Waals surface area contributed by atoms with Crippen molar-refractivity contribution in [2.45, 2.75) is 25.3 Å². The number of nitriles is 1. The number of imidazole rings is 1. The summed E-state index contributed by atoms with van der Waals surface area (Å²) >= 11 is 0. The normalized spacial score (nSPS) is 17.0. The van der Waals surface area contributed by atoms with Gasteiger partial charge in [0.15, 0.2) is 0 Å². The summed E-state index contributed by atoms with van der Waals surface area (Å²) < 4.78 is 2.19. The molecule has 6 heteroatoms. The van der Waals surface area contributed by atoms with Gasteiger partial charge in [-0.25, -0.2) is 9.97 Å². The first kappa shape index (κ1) is 16.3. The van der Waals surface area contributed by atoms with Crippen molar-refractivity contribution in [1.82, 2.24) is 19.5 Å². The molecule has 0 bridgehead atoms. The molecule has 4 rings (SSSR count). The highest BCUT2D eigenvalue weighted by atomic mass is 15.2. The largest absolute Gasteiger partial charge is 0.356 e. The maximum Gasteiger partial charge on any atom is 0.142 e. The second-order valence-corrected chi connectivity index (χ2v) is 6.51. The Morgan fingerprint density at radius 1 is 1.12 bits per heavy atom. The molecule has 1 unspecified atom stereocenters. The third-order valence-electron chi connectivity index (χ3n) is 4.77. The molecular weight excluding hydrogens is 324 g/mol. The average Bonchev–Trinajstić information content (AvgIpc) is 3.17. The second kappa shape index (κ2) is 7.36. The predicted molar refractivity (Wildman–Crippen MR) is 98.7 cm³/mol. The molecule has 1 aliphatic rings. The molecule has 1 aliphatic heterocycles. The van der Waals surface area contributed by atoms with Crippen molar-refractivity contribution in [2.24, 2.45) is 0 Å². The number of anilines is 1. The number of hydrogen-bond donors (Lipinski definition) is 0. The van der Waals surface area contributed by atoms with E-state index in [1.165, 1.54) is 0 Å². The SMILES string of the molecule is N#Cc1cccc(N2CCCC(c3nccn3Cc3ccccn3)C2)n1. The lowest BCUT2D eigenvalue weighted by Gasteiger charge is -2.33. The van der Waals surface area contributed by atoms with Crippen molar-refractivity contribution in [3.8, 4) is 6.07 Å². The summed E-state index contributed by atoms with van der Waals surface area (Å²) in [7, 11) is 0. The zero-order valence-corrected chi connectivity index (χ0v) is 14.5. The van der Waals surface area contributed by atoms with E-state index in [9.17, 15) is 0 Å². The van der Waals surface area contributed by atoms with E-state index >= 15 is 0 Å². The highest BCUT2D eigenvalue weighted by Crippen LogP contribution is 2.28. The number of aromatic nitrogens is 4. The zero-order valence-electron chi connectivity index (χ0n) is 14.5. The minimum atomic E-state index is 0.343. The van der Waals surface area contributed by atoms with E-state index in [1.807, 2.05) is 48.9 Å². The van der Waals surface area contributed by atoms with Crippen LogP contribution >= 0.6 is 0 Å². The van der Waals surface area contributed by atoms with Crippen molar-refractivity contribution in [2.75, 3.05) is 18.0 Å². The van der Waals surface area contributed by atoms with Crippen LogP contribution in [0.15, 0.2) is 55.0 Å². The van der Waals surface area contributed by atoms with Crippen molar-refractivity contribution >= 4 is 5.82 Å². The Morgan fingerprint density at radius 2 is 2.08 bits per heavy atom. The highest BCUT2D eigenvalue weighted by Gasteiger charge is 2.25. The molecule has 0 aromatic carbocycles. The van der Waals surface area contributed by atoms with Crippen LogP contribution in [0.3, 0.4) is 0 Å². The lowest BCUT2D eigenvalue weighted by atomic mass is 9.97. The molecule has 0 N–H and O–H groups in total. The van der Waals surface area contributed by atoms with Gasteiger partial charge in [-0.3, -0.25) is 4.98 Å². The minimum absolute atomic E-state index is 0.343. The Hall–Kier alpha value is -3.20. The molecule has 1 fully saturated rings. The molecule has 4 heterocycles. The van der Waals surface area contributed by atoms with Gasteiger partial charge in [0.1, 0.15) is 23.4 Å². The summed E-state index contributed by atoms with van der Waals surface area (Å²) in [5, 5.41) is 9.09. The van der Waals surface area contributed by atoms with E-state index in [1.54, 1.807) is 6.07 Å². The Bertz CT molecular complexity index is 911. The molecule has 3 aromatic heterocycles. The van der Waals surface area contributed by atoms with Crippen molar-refractivity contribution in [3.63, 3.8) is 0 Å². The Balaban J connectivity index is 1.53. The maximum atomic E-state index is 9.09. The van der Waals surface area contributed by atoms with Crippen molar-refractivity contribution in [1.29, 1.82) is 5.26 Å². The average molecular weight is 344 g/mol. The van der Waals surface area contributed by atoms with Gasteiger partial charge in [-0.1, -0.05) is 12.1 Å². The minimum Gasteiger partial charge on any atom is -0.356 e. The first-order valence-electron chi connectivity index (χ1n) is 8.86. The molecule has 0 radical (unpaired) electrons. The van der Waals surface area contributed by atoms with Crippen molar-refractivity contribution in [3.05, 3.63) is 72.2 Å². The van der Waals surface area contributed by atoms with Gasteiger partial charge >= 0.3 is 0 Å². The zero-order chi connectivity index (χ0) is 17.8. The fourth-order valence-electron chi connectivity index (χ4n) is 3.54. The summed E-state index contributed by atoms with van der Waals surface area (Å²) in [6, 6.07) is 13.7. The molecule has 3 aromatic rings. The van der Waals surface area contributed by atoms with Crippen LogP contribution in [0.4, 0.5) is 5.82 Å². The van der Waals surface area contributed by atoms with Crippen molar-refractivity contribution < 1.29 is 0 Å². The first-order valence-corrected chi connectivity index (χ1v) is 8.86. The van der Waals surface area contributed by atoms with Crippen LogP contribution < -0.4 is 4.90 Å². The van der Waals surface area contributed by atoms with Gasteiger partial charge in [0.2, 0.25) is 0 Å². The van der Waals surface area contributed by atoms with E-state index in [2.05, 4.69) is 30.5 Å². The highest BCUT2D eigenvalue weighted by molar-refractivity contribution is 5.42. The van der Waals surface area contributed by atoms with E-state index in [0.717, 1.165) is 49.8 Å². The molecule has 130 valence electrons. The monoisotopic (exact) mass is 344 g/mol. The van der Waals surface area contributed by atoms with Crippen LogP contribution in [-0.4, -0.2) is 32.6 Å². The van der Waals surface area contributed by atoms with Gasteiger partial charge in [-0.05, 0) is 37.1 Å². The van der Waals surface area contributed by atoms with E-state index in [-0.39, 0.29) is 0 Å². The summed E-state index contributed by atoms with van der Waals surface area (Å²) in [6.07, 6.45) is 7.90. The predicted octanol–water partition coefficient (Wildman–Crippen LogP) is 2.98. The number of hydrogen-bond acceptors (Lipinski definition) is 5. The third-order valence-corrected chi connectivity index (χ3v) is 4.77. The summed E-state index contributed by atoms with van der Waals surface area (Å²) in [4.78, 5) is 15.8. The molecule has 0 aliphatic carbocycles. The Labute approximate surface area is 152 Å². The van der Waals surface area contributed by atoms with E-state index in [4.69, 9.17) is 5.26 Å². The van der Waals surface area contributed by atoms with Gasteiger partial charge in [0.25, 0.3) is 0 Å². The summed E-state index contributed by atoms with van der Waals surface area (Å²) in [5.74, 6) is 2.31. The molecule has 1 atom stereocenters. The summed E-state index contributed by atoms with van der Waals surface area (Å²) in [5.41, 5.74) is 1.49. The first-order chi connectivity index (χ1) is 12.8. The number of nitrogens with zero attached hydrogens (tertiary/aromatic N) is 6. The van der Waals surface area contributed by atoms with E-state index < -0.39 is 0 Å². The number of pyridine rings is 2. The quantitative estimate of drug-likeness (QED) is 0.728. The van der Waals surface area contributed by atoms with Crippen LogP contribution in [0.2, 0.25) is 0 Å². The molecule has 26 heavy (non-hydrogen) atoms. The van der Waals surface area contributed by atoms with Gasteiger partial charge in [-0.15, -0.1) is 0 Å². The van der Waals surface area contributed by atoms with Gasteiger partial charge in [-0.2, -0.15) is 5.26 Å². The molecule has 0 spiro atoms. The van der Waals surface area contributed by atoms with Gasteiger partial charge < -0.3 is 9.47 Å². The molecule has 0 saturated carbocycles. The molecule has 1 saturated heterocycles. The smallest absolute Gasteiger partial charge is 0.142 e. The van der Waals surface area contributed by atoms with Crippen LogP contribution in [-0.2, 0) is 6.54 Å². The molecule has 0 amide bonds. The fourth-order valence-corrected chi connectivity index (χ4v) is 3.54. The fraction of sp³-hybridized carbons (Fsp3) is 0.300. The van der Waals surface area contributed by atoms with E-state index in [0.29, 0.717) is 11.6 Å².